The molecule has 0 fully saturated rings. The number of nitrogens with two attached hydrogens (primary N) is 1. The highest BCUT2D eigenvalue weighted by Crippen LogP contribution is 2.32. The predicted octanol–water partition coefficient (Wildman–Crippen LogP) is 2.71. The number of benzene rings is 2. The molecule has 2 aromatic rings. The number of rotatable bonds is 3. The van der Waals surface area contributed by atoms with Crippen LogP contribution in [0, 0.1) is 5.82 Å². The maximum absolute atomic E-state index is 13.1. The van der Waals surface area contributed by atoms with E-state index >= 15 is 0 Å². The van der Waals surface area contributed by atoms with Crippen molar-refractivity contribution >= 4 is 11.6 Å². The molecule has 1 atom stereocenters. The van der Waals surface area contributed by atoms with Crippen LogP contribution in [0.3, 0.4) is 0 Å². The fourth-order valence-electron chi connectivity index (χ4n) is 2.51. The van der Waals surface area contributed by atoms with Gasteiger partial charge in [0.1, 0.15) is 11.6 Å². The number of anilines is 1. The molecule has 0 amide bonds. The van der Waals surface area contributed by atoms with Gasteiger partial charge < -0.3 is 15.4 Å². The topological polar surface area (TPSA) is 50.9 Å². The van der Waals surface area contributed by atoms with E-state index in [-0.39, 0.29) is 11.9 Å². The van der Waals surface area contributed by atoms with Gasteiger partial charge in [-0.1, -0.05) is 12.1 Å². The summed E-state index contributed by atoms with van der Waals surface area (Å²) in [6, 6.07) is 14.0. The van der Waals surface area contributed by atoms with Crippen molar-refractivity contribution in [1.29, 1.82) is 0 Å². The summed E-state index contributed by atoms with van der Waals surface area (Å²) in [4.78, 5) is 6.23. The lowest BCUT2D eigenvalue weighted by molar-refractivity contribution is 0.414. The van der Waals surface area contributed by atoms with Crippen LogP contribution >= 0.6 is 0 Å². The lowest BCUT2D eigenvalue weighted by Gasteiger charge is -2.26. The molecule has 1 aliphatic heterocycles. The van der Waals surface area contributed by atoms with E-state index in [2.05, 4.69) is 4.99 Å². The molecule has 2 aromatic carbocycles. The van der Waals surface area contributed by atoms with E-state index in [4.69, 9.17) is 10.5 Å². The summed E-state index contributed by atoms with van der Waals surface area (Å²) in [5.74, 6) is 0.956. The largest absolute Gasteiger partial charge is 0.497 e. The summed E-state index contributed by atoms with van der Waals surface area (Å²) < 4.78 is 18.4. The monoisotopic (exact) mass is 285 g/mol. The van der Waals surface area contributed by atoms with Crippen LogP contribution in [0.1, 0.15) is 11.6 Å². The molecule has 5 heteroatoms. The van der Waals surface area contributed by atoms with Crippen molar-refractivity contribution in [1.82, 2.24) is 0 Å². The fraction of sp³-hybridized carbons (Fsp3) is 0.188. The van der Waals surface area contributed by atoms with E-state index < -0.39 is 0 Å². The summed E-state index contributed by atoms with van der Waals surface area (Å²) in [7, 11) is 1.64. The van der Waals surface area contributed by atoms with Crippen LogP contribution in [0.15, 0.2) is 53.5 Å². The zero-order chi connectivity index (χ0) is 14.8. The fourth-order valence-corrected chi connectivity index (χ4v) is 2.51. The quantitative estimate of drug-likeness (QED) is 0.943. The minimum atomic E-state index is -0.272. The van der Waals surface area contributed by atoms with Crippen LogP contribution in [-0.4, -0.2) is 19.6 Å². The summed E-state index contributed by atoms with van der Waals surface area (Å²) in [6.45, 7) is 0.566. The third-order valence-corrected chi connectivity index (χ3v) is 3.57. The number of guanidine groups is 1. The molecule has 1 unspecified atom stereocenters. The zero-order valence-electron chi connectivity index (χ0n) is 11.7. The average molecular weight is 285 g/mol. The van der Waals surface area contributed by atoms with Crippen molar-refractivity contribution in [2.45, 2.75) is 6.04 Å². The number of methoxy groups -OCH3 is 1. The Balaban J connectivity index is 1.96. The molecule has 21 heavy (non-hydrogen) atoms. The van der Waals surface area contributed by atoms with Gasteiger partial charge in [0.15, 0.2) is 5.96 Å². The molecule has 0 aromatic heterocycles. The van der Waals surface area contributed by atoms with E-state index in [1.165, 1.54) is 12.1 Å². The predicted molar refractivity (Wildman–Crippen MR) is 81.1 cm³/mol. The number of hydrogen-bond donors (Lipinski definition) is 1. The van der Waals surface area contributed by atoms with Crippen molar-refractivity contribution in [3.8, 4) is 5.75 Å². The van der Waals surface area contributed by atoms with Gasteiger partial charge in [0, 0.05) is 5.69 Å². The molecule has 4 nitrogen and oxygen atoms in total. The highest BCUT2D eigenvalue weighted by Gasteiger charge is 2.29. The Bertz CT molecular complexity index is 669. The van der Waals surface area contributed by atoms with E-state index in [0.717, 1.165) is 17.0 Å². The molecular weight excluding hydrogens is 269 g/mol. The first kappa shape index (κ1) is 13.4. The third kappa shape index (κ3) is 2.54. The van der Waals surface area contributed by atoms with Crippen molar-refractivity contribution in [2.24, 2.45) is 10.7 Å². The Kier molecular flexibility index (Phi) is 3.48. The molecule has 1 heterocycles. The van der Waals surface area contributed by atoms with Crippen LogP contribution in [0.5, 0.6) is 5.75 Å². The molecule has 2 N–H and O–H groups in total. The van der Waals surface area contributed by atoms with Gasteiger partial charge in [-0.05, 0) is 42.0 Å². The second-order valence-corrected chi connectivity index (χ2v) is 4.84. The Morgan fingerprint density at radius 1 is 1.24 bits per heavy atom. The van der Waals surface area contributed by atoms with Gasteiger partial charge in [-0.2, -0.15) is 0 Å². The minimum Gasteiger partial charge on any atom is -0.497 e. The number of ether oxygens (including phenoxy) is 1. The lowest BCUT2D eigenvalue weighted by Crippen LogP contribution is -2.36. The van der Waals surface area contributed by atoms with E-state index in [0.29, 0.717) is 12.5 Å². The van der Waals surface area contributed by atoms with E-state index in [1.807, 2.05) is 29.2 Å². The van der Waals surface area contributed by atoms with Gasteiger partial charge in [0.2, 0.25) is 0 Å². The maximum atomic E-state index is 13.1. The second-order valence-electron chi connectivity index (χ2n) is 4.84. The van der Waals surface area contributed by atoms with Gasteiger partial charge >= 0.3 is 0 Å². The SMILES string of the molecule is COc1cccc(C2CN=C(N)N2c2ccc(F)cc2)c1. The van der Waals surface area contributed by atoms with Crippen LogP contribution in [0.2, 0.25) is 0 Å². The molecule has 0 spiro atoms. The molecule has 0 saturated carbocycles. The van der Waals surface area contributed by atoms with Crippen molar-refractivity contribution in [3.63, 3.8) is 0 Å². The highest BCUT2D eigenvalue weighted by atomic mass is 19.1. The summed E-state index contributed by atoms with van der Waals surface area (Å²) in [6.07, 6.45) is 0. The van der Waals surface area contributed by atoms with Crippen LogP contribution in [0.25, 0.3) is 0 Å². The van der Waals surface area contributed by atoms with Crippen molar-refractivity contribution in [2.75, 3.05) is 18.6 Å². The van der Waals surface area contributed by atoms with Gasteiger partial charge in [0.25, 0.3) is 0 Å². The summed E-state index contributed by atoms with van der Waals surface area (Å²) in [5.41, 5.74) is 7.88. The highest BCUT2D eigenvalue weighted by molar-refractivity contribution is 5.97. The van der Waals surface area contributed by atoms with Gasteiger partial charge in [0.05, 0.1) is 19.7 Å². The Labute approximate surface area is 122 Å². The molecule has 1 aliphatic rings. The number of nitrogens with zero attached hydrogens (tertiary/aromatic N) is 2. The van der Waals surface area contributed by atoms with E-state index in [1.54, 1.807) is 19.2 Å². The first-order valence-corrected chi connectivity index (χ1v) is 6.67. The maximum Gasteiger partial charge on any atom is 0.196 e. The smallest absolute Gasteiger partial charge is 0.196 e. The van der Waals surface area contributed by atoms with Crippen LogP contribution in [-0.2, 0) is 0 Å². The second kappa shape index (κ2) is 5.44. The van der Waals surface area contributed by atoms with Crippen molar-refractivity contribution < 1.29 is 9.13 Å². The summed E-state index contributed by atoms with van der Waals surface area (Å²) >= 11 is 0. The Morgan fingerprint density at radius 3 is 2.71 bits per heavy atom. The normalized spacial score (nSPS) is 17.7. The first-order valence-electron chi connectivity index (χ1n) is 6.67. The Morgan fingerprint density at radius 2 is 2.00 bits per heavy atom. The minimum absolute atomic E-state index is 0.00874. The zero-order valence-corrected chi connectivity index (χ0v) is 11.7. The van der Waals surface area contributed by atoms with Crippen LogP contribution < -0.4 is 15.4 Å². The number of hydrogen-bond acceptors (Lipinski definition) is 4. The first-order chi connectivity index (χ1) is 10.2. The Hall–Kier alpha value is -2.56. The molecule has 3 rings (SSSR count). The number of aliphatic imine (C=N–C) groups is 1. The molecular formula is C16H16FN3O. The number of halogens is 1. The molecule has 0 aliphatic carbocycles. The van der Waals surface area contributed by atoms with Gasteiger partial charge in [-0.25, -0.2) is 4.39 Å². The molecule has 0 bridgehead atoms. The molecule has 0 saturated heterocycles. The van der Waals surface area contributed by atoms with Gasteiger partial charge in [-0.3, -0.25) is 4.99 Å². The van der Waals surface area contributed by atoms with Crippen LogP contribution in [0.4, 0.5) is 10.1 Å². The average Bonchev–Trinajstić information content (AvgIpc) is 2.90. The van der Waals surface area contributed by atoms with E-state index in [9.17, 15) is 4.39 Å². The third-order valence-electron chi connectivity index (χ3n) is 3.57. The van der Waals surface area contributed by atoms with Crippen molar-refractivity contribution in [3.05, 3.63) is 59.9 Å². The standard InChI is InChI=1S/C16H16FN3O/c1-21-14-4-2-3-11(9-14)15-10-19-16(18)20(15)13-7-5-12(17)6-8-13/h2-9,15H,10H2,1H3,(H2,18,19). The van der Waals surface area contributed by atoms with Gasteiger partial charge in [-0.15, -0.1) is 0 Å². The molecule has 0 radical (unpaired) electrons. The molecule has 108 valence electrons. The summed E-state index contributed by atoms with van der Waals surface area (Å²) in [5, 5.41) is 0. The lowest BCUT2D eigenvalue weighted by atomic mass is 10.1.